The fourth-order valence-electron chi connectivity index (χ4n) is 3.40. The summed E-state index contributed by atoms with van der Waals surface area (Å²) in [7, 11) is 0. The minimum Gasteiger partial charge on any atom is -0.385 e. The van der Waals surface area contributed by atoms with Gasteiger partial charge in [-0.25, -0.2) is 4.39 Å². The summed E-state index contributed by atoms with van der Waals surface area (Å²) >= 11 is 0. The van der Waals surface area contributed by atoms with E-state index in [1.807, 2.05) is 4.90 Å². The third-order valence-corrected chi connectivity index (χ3v) is 5.17. The van der Waals surface area contributed by atoms with Gasteiger partial charge in [-0.15, -0.1) is 0 Å². The predicted molar refractivity (Wildman–Crippen MR) is 101 cm³/mol. The Hall–Kier alpha value is -2.51. The van der Waals surface area contributed by atoms with E-state index in [9.17, 15) is 27.5 Å². The lowest BCUT2D eigenvalue weighted by Gasteiger charge is -2.38. The number of piperidine rings is 1. The minimum atomic E-state index is -4.45. The van der Waals surface area contributed by atoms with E-state index >= 15 is 0 Å². The Labute approximate surface area is 166 Å². The van der Waals surface area contributed by atoms with Crippen molar-refractivity contribution >= 4 is 5.78 Å². The lowest BCUT2D eigenvalue weighted by molar-refractivity contribution is -0.137. The number of allylic oxidation sites excluding steroid dienone is 1. The first-order valence-corrected chi connectivity index (χ1v) is 9.26. The van der Waals surface area contributed by atoms with Crippen molar-refractivity contribution in [2.24, 2.45) is 0 Å². The molecule has 0 spiro atoms. The molecule has 1 fully saturated rings. The summed E-state index contributed by atoms with van der Waals surface area (Å²) in [6.45, 7) is 1.45. The fourth-order valence-corrected chi connectivity index (χ4v) is 3.40. The van der Waals surface area contributed by atoms with Crippen LogP contribution in [0.25, 0.3) is 0 Å². The van der Waals surface area contributed by atoms with E-state index in [4.69, 9.17) is 0 Å². The number of rotatable bonds is 5. The highest BCUT2D eigenvalue weighted by molar-refractivity contribution is 6.04. The number of halogens is 4. The maximum atomic E-state index is 12.9. The van der Waals surface area contributed by atoms with Crippen LogP contribution in [0.3, 0.4) is 0 Å². The summed E-state index contributed by atoms with van der Waals surface area (Å²) in [4.78, 5) is 14.0. The van der Waals surface area contributed by atoms with E-state index in [0.29, 0.717) is 38.0 Å². The molecule has 7 heteroatoms. The number of aliphatic hydroxyl groups is 1. The van der Waals surface area contributed by atoms with Crippen molar-refractivity contribution in [2.75, 3.05) is 19.6 Å². The van der Waals surface area contributed by atoms with Crippen LogP contribution in [0.4, 0.5) is 17.6 Å². The molecular weight excluding hydrogens is 386 g/mol. The smallest absolute Gasteiger partial charge is 0.385 e. The lowest BCUT2D eigenvalue weighted by Crippen LogP contribution is -2.42. The largest absolute Gasteiger partial charge is 0.416 e. The third-order valence-electron chi connectivity index (χ3n) is 5.17. The molecule has 1 saturated heterocycles. The molecule has 0 amide bonds. The zero-order chi connectivity index (χ0) is 21.1. The Morgan fingerprint density at radius 2 is 1.76 bits per heavy atom. The monoisotopic (exact) mass is 407 g/mol. The Kier molecular flexibility index (Phi) is 6.19. The van der Waals surface area contributed by atoms with Gasteiger partial charge in [-0.3, -0.25) is 9.69 Å². The molecule has 3 nitrogen and oxygen atoms in total. The zero-order valence-corrected chi connectivity index (χ0v) is 15.6. The van der Waals surface area contributed by atoms with Crippen LogP contribution in [0.5, 0.6) is 0 Å². The standard InChI is InChI=1S/C22H21F4NO2/c23-19-8-6-16(7-9-19)20(28)5-2-12-27-13-10-21(29,11-14-27)17-3-1-4-18(15-17)22(24,25)26/h1-9,15,29H,10-14H2/b5-2+. The van der Waals surface area contributed by atoms with Crippen molar-refractivity contribution in [3.8, 4) is 0 Å². The maximum absolute atomic E-state index is 12.9. The third kappa shape index (κ3) is 5.31. The molecule has 1 aliphatic rings. The van der Waals surface area contributed by atoms with Gasteiger partial charge in [0.25, 0.3) is 0 Å². The highest BCUT2D eigenvalue weighted by atomic mass is 19.4. The van der Waals surface area contributed by atoms with E-state index in [2.05, 4.69) is 0 Å². The molecule has 0 atom stereocenters. The SMILES string of the molecule is O=C(/C=C/CN1CCC(O)(c2cccc(C(F)(F)F)c2)CC1)c1ccc(F)cc1. The summed E-state index contributed by atoms with van der Waals surface area (Å²) in [5.41, 5.74) is -1.41. The number of hydrogen-bond donors (Lipinski definition) is 1. The van der Waals surface area contributed by atoms with E-state index < -0.39 is 23.2 Å². The number of hydrogen-bond acceptors (Lipinski definition) is 3. The molecule has 0 aromatic heterocycles. The number of carbonyl (C=O) groups excluding carboxylic acids is 1. The van der Waals surface area contributed by atoms with Gasteiger partial charge in [0.15, 0.2) is 5.78 Å². The van der Waals surface area contributed by atoms with E-state index in [1.54, 1.807) is 6.08 Å². The first kappa shape index (κ1) is 21.2. The topological polar surface area (TPSA) is 40.5 Å². The van der Waals surface area contributed by atoms with Gasteiger partial charge in [-0.05, 0) is 60.9 Å². The number of nitrogens with zero attached hydrogens (tertiary/aromatic N) is 1. The molecule has 154 valence electrons. The molecule has 0 aliphatic carbocycles. The van der Waals surface area contributed by atoms with Crippen molar-refractivity contribution in [1.29, 1.82) is 0 Å². The average molecular weight is 407 g/mol. The quantitative estimate of drug-likeness (QED) is 0.449. The first-order chi connectivity index (χ1) is 13.7. The van der Waals surface area contributed by atoms with Gasteiger partial charge in [0, 0.05) is 25.2 Å². The minimum absolute atomic E-state index is 0.234. The number of ketones is 1. The van der Waals surface area contributed by atoms with Crippen LogP contribution in [0.1, 0.15) is 34.3 Å². The number of alkyl halides is 3. The van der Waals surface area contributed by atoms with Crippen LogP contribution in [0, 0.1) is 5.82 Å². The van der Waals surface area contributed by atoms with Gasteiger partial charge in [0.1, 0.15) is 5.82 Å². The molecule has 3 rings (SSSR count). The maximum Gasteiger partial charge on any atom is 0.416 e. The molecule has 0 saturated carbocycles. The molecule has 0 radical (unpaired) electrons. The molecule has 1 N–H and O–H groups in total. The van der Waals surface area contributed by atoms with Crippen molar-refractivity contribution in [3.63, 3.8) is 0 Å². The van der Waals surface area contributed by atoms with Crippen LogP contribution in [0.15, 0.2) is 60.7 Å². The number of benzene rings is 2. The molecular formula is C22H21F4NO2. The van der Waals surface area contributed by atoms with E-state index in [1.165, 1.54) is 42.5 Å². The van der Waals surface area contributed by atoms with E-state index in [0.717, 1.165) is 12.1 Å². The molecule has 2 aromatic carbocycles. The average Bonchev–Trinajstić information content (AvgIpc) is 2.69. The number of likely N-dealkylation sites (tertiary alicyclic amines) is 1. The fraction of sp³-hybridized carbons (Fsp3) is 0.318. The molecule has 1 aliphatic heterocycles. The van der Waals surface area contributed by atoms with Crippen molar-refractivity contribution in [1.82, 2.24) is 4.90 Å². The van der Waals surface area contributed by atoms with Gasteiger partial charge in [-0.1, -0.05) is 18.2 Å². The van der Waals surface area contributed by atoms with Gasteiger partial charge in [-0.2, -0.15) is 13.2 Å². The normalized spacial score (nSPS) is 17.6. The summed E-state index contributed by atoms with van der Waals surface area (Å²) in [6.07, 6.45) is -0.738. The summed E-state index contributed by atoms with van der Waals surface area (Å²) in [5.74, 6) is -0.644. The van der Waals surface area contributed by atoms with E-state index in [-0.39, 0.29) is 11.3 Å². The Morgan fingerprint density at radius 1 is 1.10 bits per heavy atom. The van der Waals surface area contributed by atoms with Gasteiger partial charge >= 0.3 is 6.18 Å². The Morgan fingerprint density at radius 3 is 2.38 bits per heavy atom. The zero-order valence-electron chi connectivity index (χ0n) is 15.6. The number of carbonyl (C=O) groups is 1. The summed E-state index contributed by atoms with van der Waals surface area (Å²) in [6, 6.07) is 10.1. The molecule has 0 unspecified atom stereocenters. The van der Waals surface area contributed by atoms with Crippen molar-refractivity contribution < 1.29 is 27.5 Å². The Balaban J connectivity index is 1.56. The highest BCUT2D eigenvalue weighted by Crippen LogP contribution is 2.36. The molecule has 1 heterocycles. The second-order valence-electron chi connectivity index (χ2n) is 7.18. The summed E-state index contributed by atoms with van der Waals surface area (Å²) in [5, 5.41) is 10.8. The lowest BCUT2D eigenvalue weighted by atomic mass is 9.83. The second-order valence-corrected chi connectivity index (χ2v) is 7.18. The first-order valence-electron chi connectivity index (χ1n) is 9.26. The van der Waals surface area contributed by atoms with Crippen LogP contribution in [0.2, 0.25) is 0 Å². The molecule has 29 heavy (non-hydrogen) atoms. The molecule has 0 bridgehead atoms. The predicted octanol–water partition coefficient (Wildman–Crippen LogP) is 4.57. The highest BCUT2D eigenvalue weighted by Gasteiger charge is 2.36. The Bertz CT molecular complexity index is 882. The molecule has 2 aromatic rings. The van der Waals surface area contributed by atoms with Crippen LogP contribution in [-0.2, 0) is 11.8 Å². The van der Waals surface area contributed by atoms with Crippen LogP contribution >= 0.6 is 0 Å². The van der Waals surface area contributed by atoms with Gasteiger partial charge in [0.2, 0.25) is 0 Å². The van der Waals surface area contributed by atoms with Crippen LogP contribution in [-0.4, -0.2) is 35.4 Å². The van der Waals surface area contributed by atoms with Gasteiger partial charge in [0.05, 0.1) is 11.2 Å². The summed E-state index contributed by atoms with van der Waals surface area (Å²) < 4.78 is 51.7. The van der Waals surface area contributed by atoms with Gasteiger partial charge < -0.3 is 5.11 Å². The van der Waals surface area contributed by atoms with Crippen molar-refractivity contribution in [2.45, 2.75) is 24.6 Å². The second kappa shape index (κ2) is 8.47. The van der Waals surface area contributed by atoms with Crippen LogP contribution < -0.4 is 0 Å². The van der Waals surface area contributed by atoms with Crippen molar-refractivity contribution in [3.05, 3.63) is 83.2 Å².